The molecule has 3 aliphatic rings. The molecule has 0 radical (unpaired) electrons. The number of benzene rings is 1. The van der Waals surface area contributed by atoms with Crippen molar-refractivity contribution in [2.24, 2.45) is 0 Å². The Hall–Kier alpha value is -4.95. The van der Waals surface area contributed by atoms with Crippen molar-refractivity contribution < 1.29 is 43.3 Å². The van der Waals surface area contributed by atoms with E-state index in [4.69, 9.17) is 9.47 Å². The van der Waals surface area contributed by atoms with E-state index in [1.165, 1.54) is 15.9 Å². The number of carbonyl (C=O) groups is 6. The number of aryl methyl sites for hydroxylation is 1. The van der Waals surface area contributed by atoms with Crippen LogP contribution in [0.2, 0.25) is 0 Å². The van der Waals surface area contributed by atoms with Crippen molar-refractivity contribution in [1.82, 2.24) is 29.9 Å². The first-order chi connectivity index (χ1) is 24.5. The fourth-order valence-electron chi connectivity index (χ4n) is 6.91. The Balaban J connectivity index is 1.33. The summed E-state index contributed by atoms with van der Waals surface area (Å²) in [5.74, 6) is -2.44. The van der Waals surface area contributed by atoms with E-state index < -0.39 is 42.1 Å². The minimum absolute atomic E-state index is 0.0237. The average Bonchev–Trinajstić information content (AvgIpc) is 3.62. The van der Waals surface area contributed by atoms with Crippen LogP contribution in [-0.2, 0) is 23.9 Å². The van der Waals surface area contributed by atoms with Crippen LogP contribution in [0.3, 0.4) is 0 Å². The first kappa shape index (κ1) is 37.3. The molecule has 3 atom stereocenters. The number of piperidine rings is 1. The van der Waals surface area contributed by atoms with Gasteiger partial charge in [0.1, 0.15) is 23.5 Å². The molecule has 276 valence electrons. The van der Waals surface area contributed by atoms with Crippen molar-refractivity contribution in [2.75, 3.05) is 52.4 Å². The second-order valence-electron chi connectivity index (χ2n) is 13.3. The van der Waals surface area contributed by atoms with Crippen molar-refractivity contribution in [3.63, 3.8) is 0 Å². The maximum Gasteiger partial charge on any atom is 0.409 e. The van der Waals surface area contributed by atoms with Gasteiger partial charge in [0.15, 0.2) is 6.10 Å². The van der Waals surface area contributed by atoms with Crippen LogP contribution in [0.1, 0.15) is 74.8 Å². The summed E-state index contributed by atoms with van der Waals surface area (Å²) in [6.45, 7) is 8.12. The van der Waals surface area contributed by atoms with Gasteiger partial charge < -0.3 is 39.5 Å². The molecular weight excluding hydrogens is 660 g/mol. The number of carbonyl (C=O) groups excluding carboxylic acids is 5. The number of rotatable bonds is 11. The van der Waals surface area contributed by atoms with E-state index in [1.807, 2.05) is 17.9 Å². The zero-order valence-electron chi connectivity index (χ0n) is 29.6. The standard InChI is InChI=1S/C36H48N6O9/c1-4-50-36(49)41-19-17-40(18-20-41)34(47)26(12-13-31(43)44)38-32(45)28-22-30(25-11-10-23(2)21-27(25)37-28)51-24(3)33(46)42-16-8-9-29(42)35(48)39-14-6-5-7-15-39/h10-11,21-22,24,26,29H,4-9,12-20H2,1-3H3,(H,38,45)(H,43,44)/t24-,26?,29?/m1/s1. The van der Waals surface area contributed by atoms with E-state index >= 15 is 0 Å². The minimum Gasteiger partial charge on any atom is -0.481 e. The summed E-state index contributed by atoms with van der Waals surface area (Å²) in [7, 11) is 0. The highest BCUT2D eigenvalue weighted by Crippen LogP contribution is 2.29. The molecule has 0 saturated carbocycles. The van der Waals surface area contributed by atoms with E-state index in [2.05, 4.69) is 10.3 Å². The van der Waals surface area contributed by atoms with Gasteiger partial charge in [-0.3, -0.25) is 24.0 Å². The lowest BCUT2D eigenvalue weighted by Crippen LogP contribution is -2.56. The lowest BCUT2D eigenvalue weighted by molar-refractivity contribution is -0.147. The summed E-state index contributed by atoms with van der Waals surface area (Å²) in [5, 5.41) is 12.6. The predicted octanol–water partition coefficient (Wildman–Crippen LogP) is 2.58. The van der Waals surface area contributed by atoms with Crippen molar-refractivity contribution in [3.05, 3.63) is 35.5 Å². The van der Waals surface area contributed by atoms with Gasteiger partial charge >= 0.3 is 12.1 Å². The number of nitrogens with one attached hydrogen (secondary N) is 1. The molecule has 5 amide bonds. The molecule has 1 aromatic carbocycles. The topological polar surface area (TPSA) is 179 Å². The van der Waals surface area contributed by atoms with Gasteiger partial charge in [0.2, 0.25) is 11.8 Å². The molecule has 4 heterocycles. The molecular formula is C36H48N6O9. The molecule has 1 aromatic heterocycles. The Morgan fingerprint density at radius 3 is 2.29 bits per heavy atom. The zero-order chi connectivity index (χ0) is 36.7. The molecule has 2 N–H and O–H groups in total. The Morgan fingerprint density at radius 1 is 0.902 bits per heavy atom. The molecule has 3 aliphatic heterocycles. The third-order valence-corrected chi connectivity index (χ3v) is 9.67. The molecule has 3 saturated heterocycles. The second kappa shape index (κ2) is 16.8. The van der Waals surface area contributed by atoms with E-state index in [0.29, 0.717) is 43.4 Å². The highest BCUT2D eigenvalue weighted by atomic mass is 16.6. The first-order valence-electron chi connectivity index (χ1n) is 17.9. The zero-order valence-corrected chi connectivity index (χ0v) is 29.6. The largest absolute Gasteiger partial charge is 0.481 e. The quantitative estimate of drug-likeness (QED) is 0.353. The van der Waals surface area contributed by atoms with Gasteiger partial charge in [-0.1, -0.05) is 6.07 Å². The summed E-state index contributed by atoms with van der Waals surface area (Å²) in [6, 6.07) is 5.13. The third-order valence-electron chi connectivity index (χ3n) is 9.67. The average molecular weight is 709 g/mol. The molecule has 2 unspecified atom stereocenters. The maximum absolute atomic E-state index is 13.8. The molecule has 0 spiro atoms. The van der Waals surface area contributed by atoms with E-state index in [0.717, 1.165) is 24.8 Å². The second-order valence-corrected chi connectivity index (χ2v) is 13.3. The van der Waals surface area contributed by atoms with Gasteiger partial charge in [0.05, 0.1) is 12.1 Å². The number of aromatic nitrogens is 1. The smallest absolute Gasteiger partial charge is 0.409 e. The van der Waals surface area contributed by atoms with E-state index in [9.17, 15) is 33.9 Å². The van der Waals surface area contributed by atoms with Crippen LogP contribution in [0, 0.1) is 6.92 Å². The summed E-state index contributed by atoms with van der Waals surface area (Å²) < 4.78 is 11.3. The van der Waals surface area contributed by atoms with Gasteiger partial charge in [-0.15, -0.1) is 0 Å². The van der Waals surface area contributed by atoms with Crippen LogP contribution in [0.4, 0.5) is 4.79 Å². The summed E-state index contributed by atoms with van der Waals surface area (Å²) in [5.41, 5.74) is 1.22. The van der Waals surface area contributed by atoms with Gasteiger partial charge in [-0.25, -0.2) is 9.78 Å². The number of likely N-dealkylation sites (tertiary alicyclic amines) is 2. The number of fused-ring (bicyclic) bond motifs is 1. The van der Waals surface area contributed by atoms with Crippen LogP contribution in [0.15, 0.2) is 24.3 Å². The number of piperazine rings is 1. The normalized spacial score (nSPS) is 19.0. The molecule has 2 aromatic rings. The van der Waals surface area contributed by atoms with E-state index in [-0.39, 0.29) is 68.9 Å². The van der Waals surface area contributed by atoms with Crippen LogP contribution >= 0.6 is 0 Å². The Labute approximate surface area is 297 Å². The fourth-order valence-corrected chi connectivity index (χ4v) is 6.91. The molecule has 3 fully saturated rings. The highest BCUT2D eigenvalue weighted by molar-refractivity contribution is 6.00. The van der Waals surface area contributed by atoms with Gasteiger partial charge in [0, 0.05) is 63.7 Å². The number of amides is 5. The van der Waals surface area contributed by atoms with Crippen molar-refractivity contribution >= 4 is 46.6 Å². The minimum atomic E-state index is -1.17. The molecule has 0 bridgehead atoms. The lowest BCUT2D eigenvalue weighted by atomic mass is 10.1. The summed E-state index contributed by atoms with van der Waals surface area (Å²) in [6.07, 6.45) is 2.33. The van der Waals surface area contributed by atoms with Crippen molar-refractivity contribution in [2.45, 2.75) is 83.9 Å². The van der Waals surface area contributed by atoms with Crippen molar-refractivity contribution in [3.8, 4) is 5.75 Å². The Bertz CT molecular complexity index is 1640. The number of ether oxygens (including phenoxy) is 2. The Morgan fingerprint density at radius 2 is 1.61 bits per heavy atom. The first-order valence-corrected chi connectivity index (χ1v) is 17.9. The van der Waals surface area contributed by atoms with Crippen LogP contribution in [0.5, 0.6) is 5.75 Å². The number of hydrogen-bond acceptors (Lipinski definition) is 9. The molecule has 51 heavy (non-hydrogen) atoms. The number of carboxylic acids is 1. The molecule has 0 aliphatic carbocycles. The number of nitrogens with zero attached hydrogens (tertiary/aromatic N) is 5. The van der Waals surface area contributed by atoms with Crippen molar-refractivity contribution in [1.29, 1.82) is 0 Å². The van der Waals surface area contributed by atoms with Gasteiger partial charge in [-0.05, 0) is 77.0 Å². The number of hydrogen-bond donors (Lipinski definition) is 2. The monoisotopic (exact) mass is 708 g/mol. The highest BCUT2D eigenvalue weighted by Gasteiger charge is 2.39. The third kappa shape index (κ3) is 9.05. The Kier molecular flexibility index (Phi) is 12.3. The van der Waals surface area contributed by atoms with Gasteiger partial charge in [0.25, 0.3) is 11.8 Å². The summed E-state index contributed by atoms with van der Waals surface area (Å²) in [4.78, 5) is 89.0. The maximum atomic E-state index is 13.8. The lowest BCUT2D eigenvalue weighted by Gasteiger charge is -2.35. The summed E-state index contributed by atoms with van der Waals surface area (Å²) >= 11 is 0. The number of carboxylic acid groups (broad SMARTS) is 1. The number of aliphatic carboxylic acids is 1. The van der Waals surface area contributed by atoms with Gasteiger partial charge in [-0.2, -0.15) is 0 Å². The van der Waals surface area contributed by atoms with Crippen LogP contribution in [0.25, 0.3) is 10.9 Å². The molecule has 15 nitrogen and oxygen atoms in total. The molecule has 15 heteroatoms. The van der Waals surface area contributed by atoms with Crippen LogP contribution in [-0.4, -0.2) is 136 Å². The molecule has 5 rings (SSSR count). The predicted molar refractivity (Wildman–Crippen MR) is 185 cm³/mol. The SMILES string of the molecule is CCOC(=O)N1CCN(C(=O)C(CCC(=O)O)NC(=O)c2cc(O[C@H](C)C(=O)N3CCCC3C(=O)N3CCCCC3)c3ccc(C)cc3n2)CC1. The van der Waals surface area contributed by atoms with Crippen LogP contribution < -0.4 is 10.1 Å². The fraction of sp³-hybridized carbons (Fsp3) is 0.583. The number of pyridine rings is 1. The van der Waals surface area contributed by atoms with E-state index in [1.54, 1.807) is 30.9 Å².